The van der Waals surface area contributed by atoms with Gasteiger partial charge in [-0.2, -0.15) is 13.2 Å². The summed E-state index contributed by atoms with van der Waals surface area (Å²) in [5, 5.41) is 5.00. The van der Waals surface area contributed by atoms with Gasteiger partial charge in [-0.15, -0.1) is 0 Å². The zero-order valence-electron chi connectivity index (χ0n) is 19.0. The first-order valence-corrected chi connectivity index (χ1v) is 10.5. The van der Waals surface area contributed by atoms with Crippen molar-refractivity contribution in [2.45, 2.75) is 45.1 Å². The van der Waals surface area contributed by atoms with E-state index >= 15 is 0 Å². The van der Waals surface area contributed by atoms with Gasteiger partial charge < -0.3 is 20.1 Å². The highest BCUT2D eigenvalue weighted by Gasteiger charge is 2.32. The SMILES string of the molecule is COC(=O)[C@H](Cc1ccc(C(F)(F)F)cc1)NC(=O)[C@H](NC(=O)OCc1ccccc1)C(C)C. The van der Waals surface area contributed by atoms with Gasteiger partial charge >= 0.3 is 18.2 Å². The standard InChI is InChI=1S/C24H27F3N2O5/c1-15(2)20(29-23(32)34-14-17-7-5-4-6-8-17)21(30)28-19(22(31)33-3)13-16-9-11-18(12-10-16)24(25,26)27/h4-12,15,19-20H,13-14H2,1-3H3,(H,28,30)(H,29,32)/t19-,20+/m0/s1. The van der Waals surface area contributed by atoms with E-state index in [4.69, 9.17) is 9.47 Å². The quantitative estimate of drug-likeness (QED) is 0.532. The van der Waals surface area contributed by atoms with Crippen LogP contribution in [0.2, 0.25) is 0 Å². The lowest BCUT2D eigenvalue weighted by molar-refractivity contribution is -0.145. The topological polar surface area (TPSA) is 93.7 Å². The van der Waals surface area contributed by atoms with E-state index in [0.717, 1.165) is 24.8 Å². The van der Waals surface area contributed by atoms with Gasteiger partial charge in [0.2, 0.25) is 5.91 Å². The molecule has 2 aromatic carbocycles. The molecular formula is C24H27F3N2O5. The molecule has 0 aliphatic heterocycles. The van der Waals surface area contributed by atoms with Gasteiger partial charge in [0.1, 0.15) is 18.7 Å². The highest BCUT2D eigenvalue weighted by atomic mass is 19.4. The Labute approximate surface area is 195 Å². The van der Waals surface area contributed by atoms with Gasteiger partial charge in [0.25, 0.3) is 0 Å². The molecule has 0 saturated carbocycles. The molecule has 0 heterocycles. The molecule has 2 amide bonds. The van der Waals surface area contributed by atoms with Gasteiger partial charge in [-0.25, -0.2) is 9.59 Å². The molecule has 0 bridgehead atoms. The number of amides is 2. The second-order valence-electron chi connectivity index (χ2n) is 7.91. The lowest BCUT2D eigenvalue weighted by Crippen LogP contribution is -2.54. The Balaban J connectivity index is 2.04. The number of ether oxygens (including phenoxy) is 2. The number of carbonyl (C=O) groups is 3. The van der Waals surface area contributed by atoms with Gasteiger partial charge in [0, 0.05) is 6.42 Å². The smallest absolute Gasteiger partial charge is 0.416 e. The molecule has 184 valence electrons. The van der Waals surface area contributed by atoms with Crippen molar-refractivity contribution in [1.29, 1.82) is 0 Å². The van der Waals surface area contributed by atoms with Crippen molar-refractivity contribution < 1.29 is 37.0 Å². The highest BCUT2D eigenvalue weighted by Crippen LogP contribution is 2.29. The molecule has 34 heavy (non-hydrogen) atoms. The van der Waals surface area contributed by atoms with E-state index in [0.29, 0.717) is 5.56 Å². The summed E-state index contributed by atoms with van der Waals surface area (Å²) in [7, 11) is 1.13. The third kappa shape index (κ3) is 8.09. The summed E-state index contributed by atoms with van der Waals surface area (Å²) in [6, 6.07) is 11.0. The van der Waals surface area contributed by atoms with Crippen molar-refractivity contribution >= 4 is 18.0 Å². The number of alkyl halides is 3. The van der Waals surface area contributed by atoms with Crippen molar-refractivity contribution in [3.8, 4) is 0 Å². The first kappa shape index (κ1) is 26.7. The molecule has 7 nitrogen and oxygen atoms in total. The van der Waals surface area contributed by atoms with E-state index in [9.17, 15) is 27.6 Å². The van der Waals surface area contributed by atoms with Crippen LogP contribution >= 0.6 is 0 Å². The first-order valence-electron chi connectivity index (χ1n) is 10.5. The van der Waals surface area contributed by atoms with E-state index in [-0.39, 0.29) is 18.9 Å². The molecule has 2 N–H and O–H groups in total. The highest BCUT2D eigenvalue weighted by molar-refractivity contribution is 5.90. The Kier molecular flexibility index (Phi) is 9.47. The summed E-state index contributed by atoms with van der Waals surface area (Å²) in [6.45, 7) is 3.41. The number of esters is 1. The summed E-state index contributed by atoms with van der Waals surface area (Å²) in [5.74, 6) is -1.79. The predicted molar refractivity (Wildman–Crippen MR) is 117 cm³/mol. The number of halogens is 3. The Morgan fingerprint density at radius 3 is 2.06 bits per heavy atom. The van der Waals surface area contributed by atoms with E-state index < -0.39 is 41.8 Å². The molecule has 0 aromatic heterocycles. The van der Waals surface area contributed by atoms with E-state index in [1.165, 1.54) is 12.1 Å². The molecule has 2 aromatic rings. The van der Waals surface area contributed by atoms with Crippen LogP contribution in [-0.4, -0.2) is 37.2 Å². The third-order valence-electron chi connectivity index (χ3n) is 4.96. The van der Waals surface area contributed by atoms with Crippen LogP contribution in [0.25, 0.3) is 0 Å². The van der Waals surface area contributed by atoms with Gasteiger partial charge in [0.05, 0.1) is 12.7 Å². The number of hydrogen-bond donors (Lipinski definition) is 2. The minimum absolute atomic E-state index is 0.0117. The normalized spacial score (nSPS) is 13.0. The number of alkyl carbamates (subject to hydrolysis) is 1. The van der Waals surface area contributed by atoms with E-state index in [1.54, 1.807) is 38.1 Å². The number of hydrogen-bond acceptors (Lipinski definition) is 5. The van der Waals surface area contributed by atoms with Crippen molar-refractivity contribution in [1.82, 2.24) is 10.6 Å². The van der Waals surface area contributed by atoms with Crippen LogP contribution in [0.5, 0.6) is 0 Å². The average Bonchev–Trinajstić information content (AvgIpc) is 2.80. The lowest BCUT2D eigenvalue weighted by atomic mass is 10.0. The van der Waals surface area contributed by atoms with Gasteiger partial charge in [-0.05, 0) is 29.2 Å². The molecule has 2 atom stereocenters. The fourth-order valence-electron chi connectivity index (χ4n) is 3.09. The predicted octanol–water partition coefficient (Wildman–Crippen LogP) is 3.86. The largest absolute Gasteiger partial charge is 0.467 e. The third-order valence-corrected chi connectivity index (χ3v) is 4.96. The van der Waals surface area contributed by atoms with Crippen LogP contribution in [0.4, 0.5) is 18.0 Å². The van der Waals surface area contributed by atoms with Crippen molar-refractivity contribution in [2.24, 2.45) is 5.92 Å². The fourth-order valence-corrected chi connectivity index (χ4v) is 3.09. The Hall–Kier alpha value is -3.56. The van der Waals surface area contributed by atoms with Crippen molar-refractivity contribution in [3.63, 3.8) is 0 Å². The fraction of sp³-hybridized carbons (Fsp3) is 0.375. The molecule has 0 radical (unpaired) electrons. The monoisotopic (exact) mass is 480 g/mol. The summed E-state index contributed by atoms with van der Waals surface area (Å²) < 4.78 is 48.2. The number of rotatable bonds is 9. The molecule has 0 unspecified atom stereocenters. The Morgan fingerprint density at radius 2 is 1.53 bits per heavy atom. The van der Waals surface area contributed by atoms with Crippen LogP contribution < -0.4 is 10.6 Å². The number of nitrogens with one attached hydrogen (secondary N) is 2. The molecule has 0 spiro atoms. The van der Waals surface area contributed by atoms with Crippen LogP contribution in [-0.2, 0) is 38.3 Å². The molecule has 2 rings (SSSR count). The zero-order valence-corrected chi connectivity index (χ0v) is 19.0. The van der Waals surface area contributed by atoms with E-state index in [2.05, 4.69) is 10.6 Å². The zero-order chi connectivity index (χ0) is 25.3. The molecule has 0 saturated heterocycles. The molecule has 10 heteroatoms. The maximum atomic E-state index is 12.9. The summed E-state index contributed by atoms with van der Waals surface area (Å²) >= 11 is 0. The maximum Gasteiger partial charge on any atom is 0.416 e. The lowest BCUT2D eigenvalue weighted by Gasteiger charge is -2.24. The van der Waals surface area contributed by atoms with Crippen LogP contribution in [0.15, 0.2) is 54.6 Å². The van der Waals surface area contributed by atoms with Crippen LogP contribution in [0.3, 0.4) is 0 Å². The molecule has 0 aliphatic carbocycles. The molecule has 0 fully saturated rings. The van der Waals surface area contributed by atoms with Crippen LogP contribution in [0, 0.1) is 5.92 Å². The minimum atomic E-state index is -4.49. The minimum Gasteiger partial charge on any atom is -0.467 e. The number of carbonyl (C=O) groups excluding carboxylic acids is 3. The Morgan fingerprint density at radius 1 is 0.912 bits per heavy atom. The molecular weight excluding hydrogens is 453 g/mol. The maximum absolute atomic E-state index is 12.9. The van der Waals surface area contributed by atoms with E-state index in [1.807, 2.05) is 6.07 Å². The summed E-state index contributed by atoms with van der Waals surface area (Å²) in [5.41, 5.74) is 0.332. The summed E-state index contributed by atoms with van der Waals surface area (Å²) in [6.07, 6.45) is -5.39. The number of methoxy groups -OCH3 is 1. The molecule has 0 aliphatic rings. The Bertz CT molecular complexity index is 963. The van der Waals surface area contributed by atoms with Gasteiger partial charge in [-0.1, -0.05) is 56.3 Å². The van der Waals surface area contributed by atoms with Crippen molar-refractivity contribution in [3.05, 3.63) is 71.3 Å². The summed E-state index contributed by atoms with van der Waals surface area (Å²) in [4.78, 5) is 37.3. The first-order chi connectivity index (χ1) is 16.0. The average molecular weight is 480 g/mol. The van der Waals surface area contributed by atoms with Crippen molar-refractivity contribution in [2.75, 3.05) is 7.11 Å². The second kappa shape index (κ2) is 12.1. The number of benzene rings is 2. The van der Waals surface area contributed by atoms with Crippen LogP contribution in [0.1, 0.15) is 30.5 Å². The van der Waals surface area contributed by atoms with Gasteiger partial charge in [0.15, 0.2) is 0 Å². The second-order valence-corrected chi connectivity index (χ2v) is 7.91. The van der Waals surface area contributed by atoms with Gasteiger partial charge in [-0.3, -0.25) is 4.79 Å².